The second-order valence-corrected chi connectivity index (χ2v) is 7.90. The Morgan fingerprint density at radius 2 is 2.00 bits per heavy atom. The average molecular weight is 341 g/mol. The quantitative estimate of drug-likeness (QED) is 0.910. The topological polar surface area (TPSA) is 66.6 Å². The predicted octanol–water partition coefficient (Wildman–Crippen LogP) is 1.97. The summed E-state index contributed by atoms with van der Waals surface area (Å²) in [6, 6.07) is 8.48. The fourth-order valence-corrected chi connectivity index (χ4v) is 4.37. The summed E-state index contributed by atoms with van der Waals surface area (Å²) in [4.78, 5) is 29.0. The van der Waals surface area contributed by atoms with Gasteiger partial charge in [0, 0.05) is 43.2 Å². The van der Waals surface area contributed by atoms with Crippen LogP contribution in [-0.2, 0) is 4.79 Å². The monoisotopic (exact) mass is 341 g/mol. The Labute approximate surface area is 149 Å². The first-order chi connectivity index (χ1) is 12.0. The number of carbonyl (C=O) groups is 2. The smallest absolute Gasteiger partial charge is 0.248 e. The third kappa shape index (κ3) is 3.17. The fourth-order valence-electron chi connectivity index (χ4n) is 4.37. The molecule has 3 atom stereocenters. The molecule has 5 heteroatoms. The Hall–Kier alpha value is -1.88. The molecular formula is C20H27N3O2. The Balaban J connectivity index is 1.38. The molecule has 2 N–H and O–H groups in total. The van der Waals surface area contributed by atoms with Crippen LogP contribution in [0.4, 0.5) is 0 Å². The van der Waals surface area contributed by atoms with E-state index >= 15 is 0 Å². The van der Waals surface area contributed by atoms with Gasteiger partial charge >= 0.3 is 0 Å². The van der Waals surface area contributed by atoms with Crippen molar-refractivity contribution in [2.75, 3.05) is 19.6 Å². The number of hydrogen-bond donors (Lipinski definition) is 1. The molecule has 5 nitrogen and oxygen atoms in total. The van der Waals surface area contributed by atoms with Crippen LogP contribution in [0.5, 0.6) is 0 Å². The van der Waals surface area contributed by atoms with Crippen LogP contribution < -0.4 is 5.73 Å². The first-order valence-corrected chi connectivity index (χ1v) is 9.49. The average Bonchev–Trinajstić information content (AvgIpc) is 3.33. The van der Waals surface area contributed by atoms with E-state index in [0.29, 0.717) is 11.6 Å². The van der Waals surface area contributed by atoms with Crippen molar-refractivity contribution in [2.45, 2.75) is 50.6 Å². The van der Waals surface area contributed by atoms with Crippen LogP contribution in [0.3, 0.4) is 0 Å². The van der Waals surface area contributed by atoms with Gasteiger partial charge in [0.05, 0.1) is 0 Å². The third-order valence-electron chi connectivity index (χ3n) is 6.24. The molecule has 2 aliphatic carbocycles. The van der Waals surface area contributed by atoms with Crippen LogP contribution in [0, 0.1) is 5.92 Å². The minimum atomic E-state index is -0.411. The number of benzene rings is 1. The van der Waals surface area contributed by atoms with Crippen LogP contribution in [0.1, 0.15) is 54.4 Å². The van der Waals surface area contributed by atoms with Gasteiger partial charge in [-0.25, -0.2) is 0 Å². The number of nitrogens with zero attached hydrogens (tertiary/aromatic N) is 2. The number of rotatable bonds is 4. The number of piperazine rings is 1. The molecule has 4 rings (SSSR count). The Morgan fingerprint density at radius 3 is 2.64 bits per heavy atom. The maximum atomic E-state index is 12.9. The van der Waals surface area contributed by atoms with Crippen molar-refractivity contribution < 1.29 is 9.59 Å². The zero-order valence-electron chi connectivity index (χ0n) is 14.9. The molecular weight excluding hydrogens is 314 g/mol. The van der Waals surface area contributed by atoms with Gasteiger partial charge in [-0.3, -0.25) is 14.5 Å². The summed E-state index contributed by atoms with van der Waals surface area (Å²) in [7, 11) is 0. The largest absolute Gasteiger partial charge is 0.366 e. The van der Waals surface area contributed by atoms with Gasteiger partial charge < -0.3 is 10.6 Å². The van der Waals surface area contributed by atoms with Gasteiger partial charge in [0.15, 0.2) is 0 Å². The van der Waals surface area contributed by atoms with Gasteiger partial charge in [-0.05, 0) is 49.8 Å². The van der Waals surface area contributed by atoms with E-state index in [-0.39, 0.29) is 17.7 Å². The summed E-state index contributed by atoms with van der Waals surface area (Å²) in [6.07, 6.45) is 4.88. The standard InChI is InChI=1S/C20H27N3O2/c1-13-12-22(16-6-3-7-16)8-9-23(13)20(25)18-11-17(18)14-4-2-5-15(10-14)19(21)24/h2,4-5,10,13,16-18H,3,6-9,11-12H2,1H3,(H2,21,24)/t13-,17?,18+/m1/s1. The molecule has 0 bridgehead atoms. The molecule has 3 aliphatic rings. The molecule has 25 heavy (non-hydrogen) atoms. The molecule has 3 fully saturated rings. The van der Waals surface area contributed by atoms with Gasteiger partial charge in [-0.15, -0.1) is 0 Å². The first kappa shape index (κ1) is 16.6. The lowest BCUT2D eigenvalue weighted by molar-refractivity contribution is -0.138. The Morgan fingerprint density at radius 1 is 1.20 bits per heavy atom. The fraction of sp³-hybridized carbons (Fsp3) is 0.600. The summed E-state index contributed by atoms with van der Waals surface area (Å²) in [6.45, 7) is 5.04. The van der Waals surface area contributed by atoms with Gasteiger partial charge in [-0.2, -0.15) is 0 Å². The maximum absolute atomic E-state index is 12.9. The highest BCUT2D eigenvalue weighted by Crippen LogP contribution is 2.49. The molecule has 0 spiro atoms. The van der Waals surface area contributed by atoms with E-state index in [9.17, 15) is 9.59 Å². The zero-order chi connectivity index (χ0) is 17.6. The summed E-state index contributed by atoms with van der Waals surface area (Å²) < 4.78 is 0. The second-order valence-electron chi connectivity index (χ2n) is 7.90. The van der Waals surface area contributed by atoms with Gasteiger partial charge in [0.1, 0.15) is 0 Å². The SMILES string of the molecule is C[C@@H]1CN(C2CCC2)CCN1C(=O)[C@H]1CC1c1cccc(C(N)=O)c1. The summed E-state index contributed by atoms with van der Waals surface area (Å²) in [5, 5.41) is 0. The molecule has 1 aromatic carbocycles. The Bertz CT molecular complexity index is 685. The van der Waals surface area contributed by atoms with Gasteiger partial charge in [0.2, 0.25) is 11.8 Å². The van der Waals surface area contributed by atoms with Crippen LogP contribution in [-0.4, -0.2) is 53.3 Å². The number of nitrogens with two attached hydrogens (primary N) is 1. The van der Waals surface area contributed by atoms with E-state index in [1.807, 2.05) is 18.2 Å². The van der Waals surface area contributed by atoms with Gasteiger partial charge in [-0.1, -0.05) is 18.6 Å². The molecule has 1 aromatic rings. The zero-order valence-corrected chi connectivity index (χ0v) is 14.9. The van der Waals surface area contributed by atoms with Crippen LogP contribution in [0.15, 0.2) is 24.3 Å². The van der Waals surface area contributed by atoms with Crippen molar-refractivity contribution in [3.63, 3.8) is 0 Å². The third-order valence-corrected chi connectivity index (χ3v) is 6.24. The highest BCUT2D eigenvalue weighted by Gasteiger charge is 2.47. The number of amides is 2. The summed E-state index contributed by atoms with van der Waals surface area (Å²) >= 11 is 0. The predicted molar refractivity (Wildman–Crippen MR) is 96.2 cm³/mol. The lowest BCUT2D eigenvalue weighted by Crippen LogP contribution is -2.58. The molecule has 2 saturated carbocycles. The molecule has 1 aliphatic heterocycles. The first-order valence-electron chi connectivity index (χ1n) is 9.49. The van der Waals surface area contributed by atoms with Crippen molar-refractivity contribution in [2.24, 2.45) is 11.7 Å². The van der Waals surface area contributed by atoms with Crippen LogP contribution >= 0.6 is 0 Å². The van der Waals surface area contributed by atoms with Gasteiger partial charge in [0.25, 0.3) is 0 Å². The van der Waals surface area contributed by atoms with E-state index in [0.717, 1.165) is 37.7 Å². The van der Waals surface area contributed by atoms with E-state index in [4.69, 9.17) is 5.73 Å². The van der Waals surface area contributed by atoms with E-state index in [1.54, 1.807) is 6.07 Å². The molecule has 0 aromatic heterocycles. The second kappa shape index (κ2) is 6.45. The molecule has 1 unspecified atom stereocenters. The van der Waals surface area contributed by atoms with Crippen molar-refractivity contribution in [3.05, 3.63) is 35.4 Å². The minimum Gasteiger partial charge on any atom is -0.366 e. The highest BCUT2D eigenvalue weighted by molar-refractivity contribution is 5.93. The normalized spacial score (nSPS) is 30.0. The van der Waals surface area contributed by atoms with Crippen LogP contribution in [0.2, 0.25) is 0 Å². The molecule has 1 heterocycles. The minimum absolute atomic E-state index is 0.0702. The van der Waals surface area contributed by atoms with Crippen molar-refractivity contribution >= 4 is 11.8 Å². The Kier molecular flexibility index (Phi) is 4.28. The number of carbonyl (C=O) groups excluding carboxylic acids is 2. The van der Waals surface area contributed by atoms with E-state index in [2.05, 4.69) is 16.7 Å². The van der Waals surface area contributed by atoms with E-state index < -0.39 is 5.91 Å². The highest BCUT2D eigenvalue weighted by atomic mass is 16.2. The molecule has 1 saturated heterocycles. The van der Waals surface area contributed by atoms with Crippen LogP contribution in [0.25, 0.3) is 0 Å². The van der Waals surface area contributed by atoms with Crippen molar-refractivity contribution in [1.82, 2.24) is 9.80 Å². The molecule has 2 amide bonds. The lowest BCUT2D eigenvalue weighted by Gasteiger charge is -2.46. The summed E-state index contributed by atoms with van der Waals surface area (Å²) in [5.41, 5.74) is 6.96. The van der Waals surface area contributed by atoms with Crippen molar-refractivity contribution in [3.8, 4) is 0 Å². The summed E-state index contributed by atoms with van der Waals surface area (Å²) in [5.74, 6) is 0.186. The number of primary amides is 1. The molecule has 0 radical (unpaired) electrons. The lowest BCUT2D eigenvalue weighted by atomic mass is 9.90. The number of hydrogen-bond acceptors (Lipinski definition) is 3. The maximum Gasteiger partial charge on any atom is 0.248 e. The molecule has 134 valence electrons. The van der Waals surface area contributed by atoms with Crippen molar-refractivity contribution in [1.29, 1.82) is 0 Å². The van der Waals surface area contributed by atoms with E-state index in [1.165, 1.54) is 19.3 Å².